The van der Waals surface area contributed by atoms with E-state index in [0.29, 0.717) is 29.9 Å². The maximum absolute atomic E-state index is 13.7. The van der Waals surface area contributed by atoms with Crippen LogP contribution in [-0.2, 0) is 0 Å². The molecule has 2 aliphatic rings. The molecule has 1 saturated heterocycles. The smallest absolute Gasteiger partial charge is 0.145 e. The third kappa shape index (κ3) is 6.43. The predicted molar refractivity (Wildman–Crippen MR) is 146 cm³/mol. The Hall–Kier alpha value is -2.68. The Balaban J connectivity index is 1.33. The van der Waals surface area contributed by atoms with Crippen LogP contribution in [0.25, 0.3) is 10.9 Å². The van der Waals surface area contributed by atoms with E-state index in [1.165, 1.54) is 31.7 Å². The molecule has 1 aromatic heterocycles. The van der Waals surface area contributed by atoms with Crippen molar-refractivity contribution in [3.63, 3.8) is 0 Å². The van der Waals surface area contributed by atoms with Crippen molar-refractivity contribution in [1.29, 1.82) is 0 Å². The molecule has 2 aromatic carbocycles. The van der Waals surface area contributed by atoms with Gasteiger partial charge in [-0.15, -0.1) is 0 Å². The van der Waals surface area contributed by atoms with Gasteiger partial charge in [0.2, 0.25) is 0 Å². The van der Waals surface area contributed by atoms with Crippen molar-refractivity contribution in [2.45, 2.75) is 50.7 Å². The molecule has 1 aliphatic heterocycles. The van der Waals surface area contributed by atoms with Crippen molar-refractivity contribution >= 4 is 34.0 Å². The van der Waals surface area contributed by atoms with Gasteiger partial charge in [0.25, 0.3) is 0 Å². The molecule has 2 heterocycles. The number of rotatable bonds is 10. The molecule has 0 radical (unpaired) electrons. The molecule has 1 saturated carbocycles. The minimum Gasteiger partial charge on any atom is -0.493 e. The fourth-order valence-corrected chi connectivity index (χ4v) is 5.39. The van der Waals surface area contributed by atoms with Gasteiger partial charge in [-0.25, -0.2) is 14.4 Å². The molecule has 1 aliphatic carbocycles. The fourth-order valence-electron chi connectivity index (χ4n) is 5.21. The monoisotopic (exact) mass is 527 g/mol. The van der Waals surface area contributed by atoms with Crippen molar-refractivity contribution in [1.82, 2.24) is 19.8 Å². The van der Waals surface area contributed by atoms with Gasteiger partial charge >= 0.3 is 0 Å². The second-order valence-electron chi connectivity index (χ2n) is 10.2. The standard InChI is InChI=1S/C28H35ClFN5O2/c1-34(2)20-10-12-35(17-20)11-5-13-36-22-15-25-27(26(16-22)37-21-6-3-4-7-21)28(32-18-31-25)33-19-8-9-24(30)23(29)14-19/h8-9,14-16,18,20-21H,3-7,10-13,17H2,1-2H3,(H,31,32,33). The van der Waals surface area contributed by atoms with E-state index in [4.69, 9.17) is 21.1 Å². The highest BCUT2D eigenvalue weighted by Gasteiger charge is 2.24. The number of hydrogen-bond donors (Lipinski definition) is 1. The van der Waals surface area contributed by atoms with E-state index in [9.17, 15) is 4.39 Å². The Bertz CT molecular complexity index is 1220. The van der Waals surface area contributed by atoms with Crippen molar-refractivity contribution < 1.29 is 13.9 Å². The first-order valence-electron chi connectivity index (χ1n) is 13.2. The topological polar surface area (TPSA) is 62.8 Å². The van der Waals surface area contributed by atoms with Crippen LogP contribution in [-0.4, -0.2) is 72.3 Å². The molecule has 5 rings (SSSR count). The number of fused-ring (bicyclic) bond motifs is 1. The van der Waals surface area contributed by atoms with Gasteiger partial charge in [-0.2, -0.15) is 0 Å². The van der Waals surface area contributed by atoms with E-state index >= 15 is 0 Å². The fraction of sp³-hybridized carbons (Fsp3) is 0.500. The number of halogens is 2. The van der Waals surface area contributed by atoms with Crippen molar-refractivity contribution in [2.24, 2.45) is 0 Å². The van der Waals surface area contributed by atoms with Gasteiger partial charge in [0.05, 0.1) is 28.6 Å². The summed E-state index contributed by atoms with van der Waals surface area (Å²) in [4.78, 5) is 13.8. The van der Waals surface area contributed by atoms with E-state index in [-0.39, 0.29) is 11.1 Å². The molecular weight excluding hydrogens is 493 g/mol. The maximum atomic E-state index is 13.7. The summed E-state index contributed by atoms with van der Waals surface area (Å²) in [5.74, 6) is 1.55. The molecule has 1 N–H and O–H groups in total. The van der Waals surface area contributed by atoms with E-state index in [1.807, 2.05) is 12.1 Å². The zero-order valence-electron chi connectivity index (χ0n) is 21.6. The first-order valence-corrected chi connectivity index (χ1v) is 13.5. The van der Waals surface area contributed by atoms with Crippen LogP contribution in [0.1, 0.15) is 38.5 Å². The maximum Gasteiger partial charge on any atom is 0.145 e. The van der Waals surface area contributed by atoms with Gasteiger partial charge in [0, 0.05) is 37.0 Å². The average molecular weight is 528 g/mol. The highest BCUT2D eigenvalue weighted by Crippen LogP contribution is 2.38. The summed E-state index contributed by atoms with van der Waals surface area (Å²) in [7, 11) is 4.31. The largest absolute Gasteiger partial charge is 0.493 e. The molecule has 3 aromatic rings. The van der Waals surface area contributed by atoms with E-state index in [2.05, 4.69) is 39.2 Å². The normalized spacial score (nSPS) is 18.7. The average Bonchev–Trinajstić information content (AvgIpc) is 3.57. The van der Waals surface area contributed by atoms with Crippen molar-refractivity contribution in [2.75, 3.05) is 45.7 Å². The van der Waals surface area contributed by atoms with Crippen LogP contribution in [0.5, 0.6) is 11.5 Å². The summed E-state index contributed by atoms with van der Waals surface area (Å²) in [5.41, 5.74) is 1.36. The summed E-state index contributed by atoms with van der Waals surface area (Å²) in [6.07, 6.45) is 8.24. The number of benzene rings is 2. The minimum atomic E-state index is -0.464. The highest BCUT2D eigenvalue weighted by atomic mass is 35.5. The van der Waals surface area contributed by atoms with Gasteiger partial charge in [0.1, 0.15) is 29.5 Å². The van der Waals surface area contributed by atoms with Crippen LogP contribution >= 0.6 is 11.6 Å². The molecule has 0 spiro atoms. The number of likely N-dealkylation sites (tertiary alicyclic amines) is 1. The number of nitrogens with one attached hydrogen (secondary N) is 1. The lowest BCUT2D eigenvalue weighted by atomic mass is 10.2. The minimum absolute atomic E-state index is 0.0487. The number of hydrogen-bond acceptors (Lipinski definition) is 7. The van der Waals surface area contributed by atoms with Crippen LogP contribution in [0.3, 0.4) is 0 Å². The van der Waals surface area contributed by atoms with Crippen LogP contribution in [0.15, 0.2) is 36.7 Å². The van der Waals surface area contributed by atoms with Gasteiger partial charge in [-0.05, 0) is 77.4 Å². The Morgan fingerprint density at radius 1 is 1.14 bits per heavy atom. The first kappa shape index (κ1) is 25.9. The number of ether oxygens (including phenoxy) is 2. The Labute approximate surface area is 222 Å². The highest BCUT2D eigenvalue weighted by molar-refractivity contribution is 6.31. The summed E-state index contributed by atoms with van der Waals surface area (Å²) >= 11 is 5.99. The molecule has 0 amide bonds. The van der Waals surface area contributed by atoms with Crippen molar-refractivity contribution in [3.8, 4) is 11.5 Å². The first-order chi connectivity index (χ1) is 18.0. The van der Waals surface area contributed by atoms with Crippen LogP contribution < -0.4 is 14.8 Å². The lowest BCUT2D eigenvalue weighted by Gasteiger charge is -2.20. The Morgan fingerprint density at radius 3 is 2.73 bits per heavy atom. The van der Waals surface area contributed by atoms with Gasteiger partial charge in [-0.1, -0.05) is 11.6 Å². The zero-order chi connectivity index (χ0) is 25.8. The second-order valence-corrected chi connectivity index (χ2v) is 10.6. The Morgan fingerprint density at radius 2 is 1.97 bits per heavy atom. The number of aromatic nitrogens is 2. The SMILES string of the molecule is CN(C)C1CCN(CCCOc2cc(OC3CCCC3)c3c(Nc4ccc(F)c(Cl)c4)ncnc3c2)C1. The third-order valence-corrected chi connectivity index (χ3v) is 7.61. The van der Waals surface area contributed by atoms with Gasteiger partial charge in [-0.3, -0.25) is 0 Å². The molecule has 37 heavy (non-hydrogen) atoms. The molecule has 7 nitrogen and oxygen atoms in total. The lowest BCUT2D eigenvalue weighted by Crippen LogP contribution is -2.32. The van der Waals surface area contributed by atoms with Crippen LogP contribution in [0, 0.1) is 5.82 Å². The molecule has 2 fully saturated rings. The zero-order valence-corrected chi connectivity index (χ0v) is 22.3. The van der Waals surface area contributed by atoms with Crippen LogP contribution in [0.4, 0.5) is 15.9 Å². The molecule has 9 heteroatoms. The molecular formula is C28H35ClFN5O2. The van der Waals surface area contributed by atoms with Gasteiger partial charge < -0.3 is 24.6 Å². The quantitative estimate of drug-likeness (QED) is 0.330. The summed E-state index contributed by atoms with van der Waals surface area (Å²) in [6, 6.07) is 9.03. The third-order valence-electron chi connectivity index (χ3n) is 7.32. The summed E-state index contributed by atoms with van der Waals surface area (Å²) < 4.78 is 26.3. The van der Waals surface area contributed by atoms with Gasteiger partial charge in [0.15, 0.2) is 0 Å². The summed E-state index contributed by atoms with van der Waals surface area (Å²) in [5, 5.41) is 4.08. The second kappa shape index (κ2) is 11.8. The predicted octanol–water partition coefficient (Wildman–Crippen LogP) is 5.89. The molecule has 198 valence electrons. The van der Waals surface area contributed by atoms with Crippen LogP contribution in [0.2, 0.25) is 5.02 Å². The number of anilines is 2. The van der Waals surface area contributed by atoms with Crippen molar-refractivity contribution in [3.05, 3.63) is 47.5 Å². The molecule has 0 bridgehead atoms. The Kier molecular flexibility index (Phi) is 8.27. The number of nitrogens with zero attached hydrogens (tertiary/aromatic N) is 4. The molecule has 1 atom stereocenters. The molecule has 1 unspecified atom stereocenters. The van der Waals surface area contributed by atoms with E-state index < -0.39 is 5.82 Å². The lowest BCUT2D eigenvalue weighted by molar-refractivity contribution is 0.210. The summed E-state index contributed by atoms with van der Waals surface area (Å²) in [6.45, 7) is 3.92. The van der Waals surface area contributed by atoms with E-state index in [0.717, 1.165) is 55.5 Å². The number of likely N-dealkylation sites (N-methyl/N-ethyl adjacent to an activating group) is 1. The van der Waals surface area contributed by atoms with E-state index in [1.54, 1.807) is 12.1 Å².